The second-order valence-electron chi connectivity index (χ2n) is 3.66. The molecule has 0 bridgehead atoms. The third kappa shape index (κ3) is 3.88. The molecule has 16 heavy (non-hydrogen) atoms. The summed E-state index contributed by atoms with van der Waals surface area (Å²) in [6.45, 7) is -0.0754. The van der Waals surface area contributed by atoms with E-state index in [4.69, 9.17) is 10.0 Å². The predicted octanol–water partition coefficient (Wildman–Crippen LogP) is 0.0633. The van der Waals surface area contributed by atoms with Gasteiger partial charge in [0.05, 0.1) is 6.54 Å². The van der Waals surface area contributed by atoms with E-state index in [1.165, 1.54) is 4.90 Å². The van der Waals surface area contributed by atoms with E-state index in [1.54, 1.807) is 31.3 Å². The minimum Gasteiger partial charge on any atom is -0.423 e. The molecule has 6 heteroatoms. The monoisotopic (exact) mass is 229 g/mol. The van der Waals surface area contributed by atoms with Gasteiger partial charge < -0.3 is 10.0 Å². The first-order valence-corrected chi connectivity index (χ1v) is 4.91. The molecule has 88 valence electrons. The van der Waals surface area contributed by atoms with E-state index in [0.717, 1.165) is 0 Å². The van der Waals surface area contributed by atoms with Crippen LogP contribution in [0.1, 0.15) is 5.56 Å². The zero-order valence-corrected chi connectivity index (χ0v) is 8.98. The standard InChI is InChI=1S/C10H14BF2NO2/c1-14(7-10(12)13)6-8-4-2-3-5-9(8)11(15)16/h2-5,10,15-16H,6-7H2,1H3. The van der Waals surface area contributed by atoms with Gasteiger partial charge in [0.25, 0.3) is 6.43 Å². The molecular weight excluding hydrogens is 215 g/mol. The largest absolute Gasteiger partial charge is 0.488 e. The molecule has 1 aromatic carbocycles. The van der Waals surface area contributed by atoms with Crippen molar-refractivity contribution in [3.8, 4) is 0 Å². The van der Waals surface area contributed by atoms with Gasteiger partial charge in [-0.15, -0.1) is 0 Å². The molecule has 0 radical (unpaired) electrons. The van der Waals surface area contributed by atoms with Crippen molar-refractivity contribution in [2.75, 3.05) is 13.6 Å². The van der Waals surface area contributed by atoms with Gasteiger partial charge in [0.1, 0.15) is 0 Å². The van der Waals surface area contributed by atoms with Crippen molar-refractivity contribution in [3.63, 3.8) is 0 Å². The molecule has 2 N–H and O–H groups in total. The summed E-state index contributed by atoms with van der Waals surface area (Å²) in [4.78, 5) is 1.44. The van der Waals surface area contributed by atoms with Gasteiger partial charge in [0.2, 0.25) is 0 Å². The zero-order chi connectivity index (χ0) is 12.1. The molecule has 0 unspecified atom stereocenters. The maximum absolute atomic E-state index is 12.1. The summed E-state index contributed by atoms with van der Waals surface area (Å²) >= 11 is 0. The second-order valence-corrected chi connectivity index (χ2v) is 3.66. The Kier molecular flexibility index (Phi) is 4.85. The Morgan fingerprint density at radius 3 is 2.50 bits per heavy atom. The van der Waals surface area contributed by atoms with E-state index in [-0.39, 0.29) is 13.1 Å². The van der Waals surface area contributed by atoms with Crippen LogP contribution in [0.2, 0.25) is 0 Å². The average Bonchev–Trinajstić information content (AvgIpc) is 2.16. The number of benzene rings is 1. The van der Waals surface area contributed by atoms with Gasteiger partial charge in [-0.25, -0.2) is 8.78 Å². The lowest BCUT2D eigenvalue weighted by molar-refractivity contribution is 0.0976. The highest BCUT2D eigenvalue weighted by Crippen LogP contribution is 2.04. The Hall–Kier alpha value is -0.975. The molecule has 0 saturated heterocycles. The summed E-state index contributed by atoms with van der Waals surface area (Å²) in [6, 6.07) is 6.66. The summed E-state index contributed by atoms with van der Waals surface area (Å²) < 4.78 is 24.2. The first-order chi connectivity index (χ1) is 7.50. The van der Waals surface area contributed by atoms with E-state index in [1.807, 2.05) is 0 Å². The fraction of sp³-hybridized carbons (Fsp3) is 0.400. The molecule has 3 nitrogen and oxygen atoms in total. The van der Waals surface area contributed by atoms with Gasteiger partial charge in [0, 0.05) is 6.54 Å². The molecular formula is C10H14BF2NO2. The zero-order valence-electron chi connectivity index (χ0n) is 8.98. The fourth-order valence-corrected chi connectivity index (χ4v) is 1.52. The van der Waals surface area contributed by atoms with Crippen LogP contribution in [0.15, 0.2) is 24.3 Å². The van der Waals surface area contributed by atoms with Gasteiger partial charge in [0.15, 0.2) is 0 Å². The molecule has 0 aliphatic rings. The van der Waals surface area contributed by atoms with E-state index in [0.29, 0.717) is 11.0 Å². The minimum atomic E-state index is -2.39. The molecule has 1 rings (SSSR count). The highest BCUT2D eigenvalue weighted by molar-refractivity contribution is 6.59. The Morgan fingerprint density at radius 2 is 1.94 bits per heavy atom. The summed E-state index contributed by atoms with van der Waals surface area (Å²) in [7, 11) is -0.0108. The maximum Gasteiger partial charge on any atom is 0.488 e. The van der Waals surface area contributed by atoms with Crippen LogP contribution in [-0.2, 0) is 6.54 Å². The van der Waals surface area contributed by atoms with Gasteiger partial charge in [-0.05, 0) is 18.1 Å². The van der Waals surface area contributed by atoms with E-state index in [9.17, 15) is 8.78 Å². The lowest BCUT2D eigenvalue weighted by atomic mass is 9.77. The quantitative estimate of drug-likeness (QED) is 0.702. The smallest absolute Gasteiger partial charge is 0.423 e. The third-order valence-electron chi connectivity index (χ3n) is 2.22. The maximum atomic E-state index is 12.1. The van der Waals surface area contributed by atoms with E-state index >= 15 is 0 Å². The predicted molar refractivity (Wildman–Crippen MR) is 58.6 cm³/mol. The van der Waals surface area contributed by atoms with Crippen LogP contribution in [0.3, 0.4) is 0 Å². The molecule has 0 fully saturated rings. The average molecular weight is 229 g/mol. The Labute approximate surface area is 93.5 Å². The molecule has 1 aromatic rings. The Bertz CT molecular complexity index is 336. The summed E-state index contributed by atoms with van der Waals surface area (Å²) in [5.41, 5.74) is 0.990. The number of halogens is 2. The summed E-state index contributed by atoms with van der Waals surface area (Å²) in [6.07, 6.45) is -2.39. The first-order valence-electron chi connectivity index (χ1n) is 4.91. The van der Waals surface area contributed by atoms with Crippen molar-refractivity contribution in [2.24, 2.45) is 0 Å². The van der Waals surface area contributed by atoms with Gasteiger partial charge >= 0.3 is 7.12 Å². The van der Waals surface area contributed by atoms with Crippen LogP contribution in [0.5, 0.6) is 0 Å². The number of hydrogen-bond acceptors (Lipinski definition) is 3. The van der Waals surface area contributed by atoms with Gasteiger partial charge in [-0.3, -0.25) is 4.90 Å². The molecule has 0 saturated carbocycles. The van der Waals surface area contributed by atoms with Crippen molar-refractivity contribution in [1.29, 1.82) is 0 Å². The lowest BCUT2D eigenvalue weighted by Crippen LogP contribution is -2.35. The van der Waals surface area contributed by atoms with Crippen molar-refractivity contribution < 1.29 is 18.8 Å². The topological polar surface area (TPSA) is 43.7 Å². The molecule has 0 aromatic heterocycles. The summed E-state index contributed by atoms with van der Waals surface area (Å²) in [5, 5.41) is 18.2. The normalized spacial score (nSPS) is 11.2. The van der Waals surface area contributed by atoms with Crippen LogP contribution in [0, 0.1) is 0 Å². The van der Waals surface area contributed by atoms with Crippen LogP contribution in [-0.4, -0.2) is 42.1 Å². The molecule has 0 heterocycles. The van der Waals surface area contributed by atoms with Crippen molar-refractivity contribution in [3.05, 3.63) is 29.8 Å². The highest BCUT2D eigenvalue weighted by atomic mass is 19.3. The Morgan fingerprint density at radius 1 is 1.31 bits per heavy atom. The molecule has 0 amide bonds. The van der Waals surface area contributed by atoms with Crippen molar-refractivity contribution in [1.82, 2.24) is 4.90 Å². The number of alkyl halides is 2. The first kappa shape index (κ1) is 13.1. The minimum absolute atomic E-state index is 0.262. The Balaban J connectivity index is 2.72. The molecule has 0 aliphatic heterocycles. The third-order valence-corrected chi connectivity index (χ3v) is 2.22. The number of hydrogen-bond donors (Lipinski definition) is 2. The van der Waals surface area contributed by atoms with Crippen LogP contribution in [0.25, 0.3) is 0 Å². The lowest BCUT2D eigenvalue weighted by Gasteiger charge is -2.18. The van der Waals surface area contributed by atoms with E-state index < -0.39 is 13.5 Å². The van der Waals surface area contributed by atoms with E-state index in [2.05, 4.69) is 0 Å². The molecule has 0 atom stereocenters. The van der Waals surface area contributed by atoms with Crippen LogP contribution in [0.4, 0.5) is 8.78 Å². The number of rotatable bonds is 5. The molecule has 0 spiro atoms. The second kappa shape index (κ2) is 5.93. The van der Waals surface area contributed by atoms with Gasteiger partial charge in [-0.2, -0.15) is 0 Å². The van der Waals surface area contributed by atoms with Crippen LogP contribution < -0.4 is 5.46 Å². The van der Waals surface area contributed by atoms with Crippen molar-refractivity contribution in [2.45, 2.75) is 13.0 Å². The van der Waals surface area contributed by atoms with Crippen LogP contribution >= 0.6 is 0 Å². The SMILES string of the molecule is CN(Cc1ccccc1B(O)O)CC(F)F. The highest BCUT2D eigenvalue weighted by Gasteiger charge is 2.16. The van der Waals surface area contributed by atoms with Gasteiger partial charge in [-0.1, -0.05) is 24.3 Å². The fourth-order valence-electron chi connectivity index (χ4n) is 1.52. The summed E-state index contributed by atoms with van der Waals surface area (Å²) in [5.74, 6) is 0. The number of nitrogens with zero attached hydrogens (tertiary/aromatic N) is 1. The molecule has 0 aliphatic carbocycles. The van der Waals surface area contributed by atoms with Crippen molar-refractivity contribution >= 4 is 12.6 Å².